The van der Waals surface area contributed by atoms with Gasteiger partial charge in [0.05, 0.1) is 0 Å². The van der Waals surface area contributed by atoms with Crippen molar-refractivity contribution in [3.05, 3.63) is 52.0 Å². The van der Waals surface area contributed by atoms with Crippen LogP contribution in [0.25, 0.3) is 0 Å². The number of ether oxygens (including phenoxy) is 2. The molecule has 24 heavy (non-hydrogen) atoms. The molecule has 0 saturated heterocycles. The van der Waals surface area contributed by atoms with Crippen molar-refractivity contribution in [2.45, 2.75) is 26.4 Å². The average molecular weight is 392 g/mol. The first-order valence-electron chi connectivity index (χ1n) is 8.15. The fraction of sp³-hybridized carbons (Fsp3) is 0.368. The molecule has 128 valence electrons. The molecule has 0 saturated carbocycles. The van der Waals surface area contributed by atoms with Gasteiger partial charge in [-0.2, -0.15) is 0 Å². The molecule has 0 spiro atoms. The van der Waals surface area contributed by atoms with E-state index in [1.165, 1.54) is 0 Å². The summed E-state index contributed by atoms with van der Waals surface area (Å²) >= 11 is 3.45. The first kappa shape index (κ1) is 17.1. The molecule has 0 bridgehead atoms. The van der Waals surface area contributed by atoms with E-state index in [2.05, 4.69) is 41.2 Å². The van der Waals surface area contributed by atoms with Crippen LogP contribution in [0, 0.1) is 5.92 Å². The number of benzene rings is 2. The second-order valence-corrected chi connectivity index (χ2v) is 7.19. The van der Waals surface area contributed by atoms with Crippen molar-refractivity contribution in [1.29, 1.82) is 0 Å². The molecule has 0 aliphatic carbocycles. The van der Waals surface area contributed by atoms with Crippen LogP contribution >= 0.6 is 15.9 Å². The number of hydrogen-bond acceptors (Lipinski definition) is 4. The van der Waals surface area contributed by atoms with E-state index in [1.807, 2.05) is 24.3 Å². The van der Waals surface area contributed by atoms with Gasteiger partial charge in [-0.05, 0) is 41.8 Å². The van der Waals surface area contributed by atoms with E-state index >= 15 is 0 Å². The highest BCUT2D eigenvalue weighted by Gasteiger charge is 2.19. The highest BCUT2D eigenvalue weighted by molar-refractivity contribution is 9.10. The zero-order chi connectivity index (χ0) is 17.1. The van der Waals surface area contributed by atoms with Crippen LogP contribution in [-0.4, -0.2) is 18.3 Å². The average Bonchev–Trinajstić information content (AvgIpc) is 2.57. The van der Waals surface area contributed by atoms with Crippen molar-refractivity contribution < 1.29 is 14.6 Å². The number of phenols is 1. The maximum absolute atomic E-state index is 10.0. The van der Waals surface area contributed by atoms with E-state index < -0.39 is 0 Å². The standard InChI is InChI=1S/C19H22BrNO3/c1-12(2)19(21-11-14-9-15(20)4-5-16(14)22)13-3-6-17-18(10-13)24-8-7-23-17/h3-6,9-10,12,19,21-22H,7-8,11H2,1-2H3. The van der Waals surface area contributed by atoms with Crippen molar-refractivity contribution in [2.24, 2.45) is 5.92 Å². The molecule has 5 heteroatoms. The second-order valence-electron chi connectivity index (χ2n) is 6.28. The summed E-state index contributed by atoms with van der Waals surface area (Å²) in [4.78, 5) is 0. The summed E-state index contributed by atoms with van der Waals surface area (Å²) in [6.07, 6.45) is 0. The monoisotopic (exact) mass is 391 g/mol. The molecule has 0 fully saturated rings. The number of aromatic hydroxyl groups is 1. The molecular weight excluding hydrogens is 370 g/mol. The van der Waals surface area contributed by atoms with E-state index in [9.17, 15) is 5.11 Å². The van der Waals surface area contributed by atoms with Gasteiger partial charge in [0, 0.05) is 22.6 Å². The largest absolute Gasteiger partial charge is 0.508 e. The molecule has 2 N–H and O–H groups in total. The minimum atomic E-state index is 0.152. The third-order valence-electron chi connectivity index (χ3n) is 4.15. The summed E-state index contributed by atoms with van der Waals surface area (Å²) in [6, 6.07) is 11.7. The zero-order valence-corrected chi connectivity index (χ0v) is 15.5. The van der Waals surface area contributed by atoms with Gasteiger partial charge in [0.2, 0.25) is 0 Å². The van der Waals surface area contributed by atoms with E-state index in [0.717, 1.165) is 27.1 Å². The fourth-order valence-corrected chi connectivity index (χ4v) is 3.32. The van der Waals surface area contributed by atoms with Gasteiger partial charge in [-0.3, -0.25) is 0 Å². The normalized spacial score (nSPS) is 14.7. The van der Waals surface area contributed by atoms with Crippen LogP contribution in [0.2, 0.25) is 0 Å². The third-order valence-corrected chi connectivity index (χ3v) is 4.64. The lowest BCUT2D eigenvalue weighted by molar-refractivity contribution is 0.171. The number of nitrogens with one attached hydrogen (secondary N) is 1. The molecule has 0 radical (unpaired) electrons. The molecule has 2 aromatic carbocycles. The Morgan fingerprint density at radius 2 is 1.83 bits per heavy atom. The van der Waals surface area contributed by atoms with E-state index in [-0.39, 0.29) is 6.04 Å². The van der Waals surface area contributed by atoms with Crippen LogP contribution in [-0.2, 0) is 6.54 Å². The lowest BCUT2D eigenvalue weighted by Crippen LogP contribution is -2.26. The highest BCUT2D eigenvalue weighted by atomic mass is 79.9. The molecule has 0 amide bonds. The van der Waals surface area contributed by atoms with Gasteiger partial charge in [0.1, 0.15) is 19.0 Å². The van der Waals surface area contributed by atoms with Crippen LogP contribution < -0.4 is 14.8 Å². The zero-order valence-electron chi connectivity index (χ0n) is 13.9. The minimum Gasteiger partial charge on any atom is -0.508 e. The Balaban J connectivity index is 1.79. The summed E-state index contributed by atoms with van der Waals surface area (Å²) in [6.45, 7) is 6.12. The van der Waals surface area contributed by atoms with Crippen molar-refractivity contribution in [3.8, 4) is 17.2 Å². The van der Waals surface area contributed by atoms with Crippen LogP contribution in [0.3, 0.4) is 0 Å². The SMILES string of the molecule is CC(C)C(NCc1cc(Br)ccc1O)c1ccc2c(c1)OCCO2. The molecule has 1 aliphatic rings. The predicted octanol–water partition coefficient (Wildman–Crippen LogP) is 4.41. The molecule has 2 aromatic rings. The Morgan fingerprint density at radius 1 is 1.08 bits per heavy atom. The molecule has 1 unspecified atom stereocenters. The molecule has 1 aliphatic heterocycles. The third kappa shape index (κ3) is 3.84. The predicted molar refractivity (Wildman–Crippen MR) is 97.7 cm³/mol. The fourth-order valence-electron chi connectivity index (χ4n) is 2.91. The molecule has 0 aromatic heterocycles. The van der Waals surface area contributed by atoms with Crippen molar-refractivity contribution in [3.63, 3.8) is 0 Å². The Labute approximate surface area is 150 Å². The van der Waals surface area contributed by atoms with Crippen LogP contribution in [0.5, 0.6) is 17.2 Å². The van der Waals surface area contributed by atoms with Gasteiger partial charge in [-0.25, -0.2) is 0 Å². The smallest absolute Gasteiger partial charge is 0.161 e. The summed E-state index contributed by atoms with van der Waals surface area (Å²) in [7, 11) is 0. The highest BCUT2D eigenvalue weighted by Crippen LogP contribution is 2.34. The Hall–Kier alpha value is -1.72. The van der Waals surface area contributed by atoms with Gasteiger partial charge < -0.3 is 19.9 Å². The van der Waals surface area contributed by atoms with Crippen molar-refractivity contribution in [1.82, 2.24) is 5.32 Å². The van der Waals surface area contributed by atoms with Crippen LogP contribution in [0.1, 0.15) is 31.0 Å². The summed E-state index contributed by atoms with van der Waals surface area (Å²) < 4.78 is 12.2. The number of hydrogen-bond donors (Lipinski definition) is 2. The second kappa shape index (κ2) is 7.45. The molecule has 4 nitrogen and oxygen atoms in total. The molecular formula is C19H22BrNO3. The number of rotatable bonds is 5. The molecule has 1 heterocycles. The number of fused-ring (bicyclic) bond motifs is 1. The van der Waals surface area contributed by atoms with Gasteiger partial charge in [-0.1, -0.05) is 35.8 Å². The summed E-state index contributed by atoms with van der Waals surface area (Å²) in [5.41, 5.74) is 2.02. The quantitative estimate of drug-likeness (QED) is 0.792. The van der Waals surface area contributed by atoms with Crippen molar-refractivity contribution in [2.75, 3.05) is 13.2 Å². The topological polar surface area (TPSA) is 50.7 Å². The lowest BCUT2D eigenvalue weighted by Gasteiger charge is -2.26. The number of halogens is 1. The van der Waals surface area contributed by atoms with Crippen molar-refractivity contribution >= 4 is 15.9 Å². The molecule has 1 atom stereocenters. The van der Waals surface area contributed by atoms with Gasteiger partial charge >= 0.3 is 0 Å². The first-order valence-corrected chi connectivity index (χ1v) is 8.94. The summed E-state index contributed by atoms with van der Waals surface area (Å²) in [5.74, 6) is 2.30. The van der Waals surface area contributed by atoms with Crippen LogP contribution in [0.15, 0.2) is 40.9 Å². The van der Waals surface area contributed by atoms with Gasteiger partial charge in [0.15, 0.2) is 11.5 Å². The van der Waals surface area contributed by atoms with E-state index in [1.54, 1.807) is 6.07 Å². The van der Waals surface area contributed by atoms with Gasteiger partial charge in [0.25, 0.3) is 0 Å². The number of phenolic OH excluding ortho intramolecular Hbond substituents is 1. The lowest BCUT2D eigenvalue weighted by atomic mass is 9.95. The van der Waals surface area contributed by atoms with E-state index in [4.69, 9.17) is 9.47 Å². The van der Waals surface area contributed by atoms with E-state index in [0.29, 0.717) is 31.4 Å². The maximum atomic E-state index is 10.0. The Kier molecular flexibility index (Phi) is 5.31. The van der Waals surface area contributed by atoms with Gasteiger partial charge in [-0.15, -0.1) is 0 Å². The maximum Gasteiger partial charge on any atom is 0.161 e. The Morgan fingerprint density at radius 3 is 2.58 bits per heavy atom. The first-order chi connectivity index (χ1) is 11.5. The van der Waals surface area contributed by atoms with Crippen LogP contribution in [0.4, 0.5) is 0 Å². The summed E-state index contributed by atoms with van der Waals surface area (Å²) in [5, 5.41) is 13.6. The Bertz CT molecular complexity index is 718. The molecule has 3 rings (SSSR count). The minimum absolute atomic E-state index is 0.152.